The number of fused-ring (bicyclic) bond motifs is 6. The standard InChI is InChI=1S/C56H36N6/c1-6-18-37(19-7-1)47-36-48(38-20-8-2-9-21-38)58-56(57-47)62-49-29-17-16-28-44(49)45-34-41(30-32-50(45)62)42-31-33-51-46(35-42)52-53(39-22-10-3-11-23-39)59-54(40-24-12-4-13-25-40)60-55(52)61(51)43-26-14-5-15-27-43/h1-36H. The van der Waals surface area contributed by atoms with Crippen LogP contribution in [0, 0.1) is 0 Å². The van der Waals surface area contributed by atoms with Crippen molar-refractivity contribution in [3.05, 3.63) is 218 Å². The minimum atomic E-state index is 0.627. The maximum Gasteiger partial charge on any atom is 0.235 e. The van der Waals surface area contributed by atoms with Crippen molar-refractivity contribution in [3.63, 3.8) is 0 Å². The fourth-order valence-electron chi connectivity index (χ4n) is 8.86. The average molecular weight is 793 g/mol. The Morgan fingerprint density at radius 2 is 0.790 bits per heavy atom. The van der Waals surface area contributed by atoms with Crippen molar-refractivity contribution in [3.8, 4) is 67.9 Å². The van der Waals surface area contributed by atoms with Crippen LogP contribution in [0.5, 0.6) is 0 Å². The van der Waals surface area contributed by atoms with Crippen LogP contribution >= 0.6 is 0 Å². The summed E-state index contributed by atoms with van der Waals surface area (Å²) in [4.78, 5) is 21.1. The van der Waals surface area contributed by atoms with Crippen LogP contribution in [-0.2, 0) is 0 Å². The molecular weight excluding hydrogens is 757 g/mol. The summed E-state index contributed by atoms with van der Waals surface area (Å²) in [6.07, 6.45) is 0. The molecule has 290 valence electrons. The molecule has 0 aliphatic rings. The number of hydrogen-bond donors (Lipinski definition) is 0. The first-order chi connectivity index (χ1) is 30.7. The molecule has 0 spiro atoms. The minimum absolute atomic E-state index is 0.627. The second kappa shape index (κ2) is 14.7. The maximum absolute atomic E-state index is 5.34. The Balaban J connectivity index is 1.08. The van der Waals surface area contributed by atoms with E-state index in [-0.39, 0.29) is 0 Å². The topological polar surface area (TPSA) is 61.4 Å². The summed E-state index contributed by atoms with van der Waals surface area (Å²) in [6.45, 7) is 0. The lowest BCUT2D eigenvalue weighted by Gasteiger charge is -2.12. The summed E-state index contributed by atoms with van der Waals surface area (Å²) in [5.74, 6) is 1.32. The van der Waals surface area contributed by atoms with Gasteiger partial charge in [-0.25, -0.2) is 19.9 Å². The average Bonchev–Trinajstić information content (AvgIpc) is 3.87. The fourth-order valence-corrected chi connectivity index (χ4v) is 8.86. The summed E-state index contributed by atoms with van der Waals surface area (Å²) >= 11 is 0. The third-order valence-electron chi connectivity index (χ3n) is 11.8. The Morgan fingerprint density at radius 3 is 1.40 bits per heavy atom. The zero-order valence-corrected chi connectivity index (χ0v) is 33.5. The number of rotatable bonds is 7. The SMILES string of the molecule is c1ccc(-c2cc(-c3ccccc3)nc(-n3c4ccccc4c4cc(-c5ccc6c(c5)c5c(-c7ccccc7)nc(-c7ccccc7)nc5n6-c5ccccc5)ccc43)n2)cc1. The zero-order chi connectivity index (χ0) is 41.0. The summed E-state index contributed by atoms with van der Waals surface area (Å²) in [5.41, 5.74) is 14.0. The molecule has 62 heavy (non-hydrogen) atoms. The Morgan fingerprint density at radius 1 is 0.306 bits per heavy atom. The van der Waals surface area contributed by atoms with Gasteiger partial charge >= 0.3 is 0 Å². The van der Waals surface area contributed by atoms with Crippen LogP contribution in [-0.4, -0.2) is 29.1 Å². The first-order valence-corrected chi connectivity index (χ1v) is 20.8. The third kappa shape index (κ3) is 5.96. The van der Waals surface area contributed by atoms with E-state index < -0.39 is 0 Å². The monoisotopic (exact) mass is 792 g/mol. The lowest BCUT2D eigenvalue weighted by Crippen LogP contribution is -2.03. The first kappa shape index (κ1) is 35.5. The Labute approximate surface area is 357 Å². The molecule has 6 heteroatoms. The number of aromatic nitrogens is 6. The Bertz CT molecular complexity index is 3540. The highest BCUT2D eigenvalue weighted by molar-refractivity contribution is 6.15. The van der Waals surface area contributed by atoms with E-state index in [1.807, 2.05) is 36.4 Å². The van der Waals surface area contributed by atoms with E-state index in [9.17, 15) is 0 Å². The summed E-state index contributed by atoms with van der Waals surface area (Å²) < 4.78 is 4.48. The van der Waals surface area contributed by atoms with Gasteiger partial charge in [0.15, 0.2) is 5.82 Å². The molecule has 12 aromatic rings. The van der Waals surface area contributed by atoms with E-state index in [0.717, 1.165) is 99.9 Å². The van der Waals surface area contributed by atoms with Crippen molar-refractivity contribution in [2.24, 2.45) is 0 Å². The molecule has 0 aliphatic heterocycles. The number of para-hydroxylation sites is 2. The van der Waals surface area contributed by atoms with Gasteiger partial charge in [-0.2, -0.15) is 0 Å². The van der Waals surface area contributed by atoms with Gasteiger partial charge in [0.2, 0.25) is 5.95 Å². The molecule has 0 fully saturated rings. The van der Waals surface area contributed by atoms with E-state index in [4.69, 9.17) is 19.9 Å². The van der Waals surface area contributed by atoms with Crippen LogP contribution in [0.2, 0.25) is 0 Å². The molecule has 4 heterocycles. The minimum Gasteiger partial charge on any atom is -0.294 e. The normalized spacial score (nSPS) is 11.5. The van der Waals surface area contributed by atoms with Gasteiger partial charge in [-0.05, 0) is 59.7 Å². The van der Waals surface area contributed by atoms with Crippen LogP contribution in [0.3, 0.4) is 0 Å². The van der Waals surface area contributed by atoms with Crippen molar-refractivity contribution >= 4 is 43.7 Å². The molecule has 0 bridgehead atoms. The van der Waals surface area contributed by atoms with Crippen LogP contribution in [0.1, 0.15) is 0 Å². The highest BCUT2D eigenvalue weighted by Crippen LogP contribution is 2.41. The molecule has 6 nitrogen and oxygen atoms in total. The van der Waals surface area contributed by atoms with Gasteiger partial charge in [-0.1, -0.05) is 170 Å². The highest BCUT2D eigenvalue weighted by atomic mass is 15.2. The molecule has 4 aromatic heterocycles. The van der Waals surface area contributed by atoms with Gasteiger partial charge in [0, 0.05) is 44.1 Å². The van der Waals surface area contributed by atoms with Gasteiger partial charge in [0.05, 0.1) is 39.0 Å². The van der Waals surface area contributed by atoms with E-state index in [1.165, 1.54) is 0 Å². The second-order valence-electron chi connectivity index (χ2n) is 15.5. The van der Waals surface area contributed by atoms with Crippen LogP contribution in [0.25, 0.3) is 112 Å². The smallest absolute Gasteiger partial charge is 0.235 e. The molecule has 0 unspecified atom stereocenters. The third-order valence-corrected chi connectivity index (χ3v) is 11.8. The van der Waals surface area contributed by atoms with Crippen molar-refractivity contribution < 1.29 is 0 Å². The van der Waals surface area contributed by atoms with Crippen molar-refractivity contribution in [1.82, 2.24) is 29.1 Å². The van der Waals surface area contributed by atoms with Crippen molar-refractivity contribution in [1.29, 1.82) is 0 Å². The molecule has 12 rings (SSSR count). The van der Waals surface area contributed by atoms with Gasteiger partial charge < -0.3 is 0 Å². The van der Waals surface area contributed by atoms with Crippen LogP contribution < -0.4 is 0 Å². The molecule has 0 saturated heterocycles. The quantitative estimate of drug-likeness (QED) is 0.161. The molecule has 0 atom stereocenters. The molecule has 0 aliphatic carbocycles. The van der Waals surface area contributed by atoms with Crippen molar-refractivity contribution in [2.45, 2.75) is 0 Å². The largest absolute Gasteiger partial charge is 0.294 e. The summed E-state index contributed by atoms with van der Waals surface area (Å²) in [6, 6.07) is 76.1. The Kier molecular flexibility index (Phi) is 8.38. The van der Waals surface area contributed by atoms with Crippen LogP contribution in [0.4, 0.5) is 0 Å². The predicted molar refractivity (Wildman–Crippen MR) is 253 cm³/mol. The van der Waals surface area contributed by atoms with E-state index in [0.29, 0.717) is 11.8 Å². The molecule has 0 saturated carbocycles. The maximum atomic E-state index is 5.34. The summed E-state index contributed by atoms with van der Waals surface area (Å²) in [7, 11) is 0. The highest BCUT2D eigenvalue weighted by Gasteiger charge is 2.22. The molecular formula is C56H36N6. The lowest BCUT2D eigenvalue weighted by molar-refractivity contribution is 0.995. The van der Waals surface area contributed by atoms with Crippen molar-refractivity contribution in [2.75, 3.05) is 0 Å². The fraction of sp³-hybridized carbons (Fsp3) is 0. The van der Waals surface area contributed by atoms with Gasteiger partial charge in [-0.3, -0.25) is 9.13 Å². The second-order valence-corrected chi connectivity index (χ2v) is 15.5. The number of hydrogen-bond acceptors (Lipinski definition) is 4. The number of benzene rings is 8. The molecule has 0 amide bonds. The van der Waals surface area contributed by atoms with Gasteiger partial charge in [0.25, 0.3) is 0 Å². The van der Waals surface area contributed by atoms with Gasteiger partial charge in [-0.15, -0.1) is 0 Å². The zero-order valence-electron chi connectivity index (χ0n) is 33.5. The number of nitrogens with zero attached hydrogens (tertiary/aromatic N) is 6. The summed E-state index contributed by atoms with van der Waals surface area (Å²) in [5, 5.41) is 4.36. The van der Waals surface area contributed by atoms with Gasteiger partial charge in [0.1, 0.15) is 5.65 Å². The predicted octanol–water partition coefficient (Wildman–Crippen LogP) is 13.8. The van der Waals surface area contributed by atoms with E-state index in [1.54, 1.807) is 0 Å². The molecule has 0 radical (unpaired) electrons. The first-order valence-electron chi connectivity index (χ1n) is 20.8. The van der Waals surface area contributed by atoms with E-state index in [2.05, 4.69) is 191 Å². The Hall–Kier alpha value is -8.48. The molecule has 8 aromatic carbocycles. The molecule has 0 N–H and O–H groups in total. The van der Waals surface area contributed by atoms with E-state index >= 15 is 0 Å². The lowest BCUT2D eigenvalue weighted by atomic mass is 9.99. The van der Waals surface area contributed by atoms with Crippen LogP contribution in [0.15, 0.2) is 218 Å².